The first-order valence-electron chi connectivity index (χ1n) is 10.2. The summed E-state index contributed by atoms with van der Waals surface area (Å²) in [7, 11) is 0. The molecule has 2 aromatic carbocycles. The topological polar surface area (TPSA) is 9.72 Å². The third-order valence-electron chi connectivity index (χ3n) is 6.07. The first-order chi connectivity index (χ1) is 13.3. The largest absolute Gasteiger partial charge is 0.369 e. The number of nitrogens with zero attached hydrogens (tertiary/aromatic N) is 3. The number of rotatable bonds is 5. The Hall–Kier alpha value is -1.49. The Morgan fingerprint density at radius 3 is 2.11 bits per heavy atom. The minimum atomic E-state index is 0.776. The van der Waals surface area contributed by atoms with Crippen LogP contribution in [0.1, 0.15) is 18.4 Å². The standard InChI is InChI=1S/C23H31N3S/c1-27-23-9-7-20(8-10-23)19-24-13-11-22(12-14-24)26-17-15-25(16-18-26)21-5-3-2-4-6-21/h2-10,22H,11-19H2,1H3. The molecule has 0 aromatic heterocycles. The van der Waals surface area contributed by atoms with Gasteiger partial charge in [-0.05, 0) is 62.0 Å². The average Bonchev–Trinajstić information content (AvgIpc) is 2.76. The number of thioether (sulfide) groups is 1. The van der Waals surface area contributed by atoms with Crippen molar-refractivity contribution < 1.29 is 0 Å². The lowest BCUT2D eigenvalue weighted by Gasteiger charge is -2.43. The quantitative estimate of drug-likeness (QED) is 0.718. The zero-order valence-corrected chi connectivity index (χ0v) is 17.2. The Labute approximate surface area is 168 Å². The zero-order chi connectivity index (χ0) is 18.5. The molecular weight excluding hydrogens is 350 g/mol. The molecule has 0 bridgehead atoms. The van der Waals surface area contributed by atoms with Gasteiger partial charge >= 0.3 is 0 Å². The van der Waals surface area contributed by atoms with Crippen LogP contribution >= 0.6 is 11.8 Å². The van der Waals surface area contributed by atoms with Crippen molar-refractivity contribution in [3.8, 4) is 0 Å². The summed E-state index contributed by atoms with van der Waals surface area (Å²) in [5.41, 5.74) is 2.82. The maximum atomic E-state index is 2.74. The summed E-state index contributed by atoms with van der Waals surface area (Å²) < 4.78 is 0. The smallest absolute Gasteiger partial charge is 0.0367 e. The highest BCUT2D eigenvalue weighted by Gasteiger charge is 2.27. The van der Waals surface area contributed by atoms with E-state index in [4.69, 9.17) is 0 Å². The molecule has 0 spiro atoms. The van der Waals surface area contributed by atoms with E-state index in [-0.39, 0.29) is 0 Å². The van der Waals surface area contributed by atoms with E-state index in [0.29, 0.717) is 0 Å². The van der Waals surface area contributed by atoms with Crippen LogP contribution in [-0.2, 0) is 6.54 Å². The van der Waals surface area contributed by atoms with E-state index in [0.717, 1.165) is 25.7 Å². The van der Waals surface area contributed by atoms with Gasteiger partial charge in [0.25, 0.3) is 0 Å². The molecule has 2 heterocycles. The van der Waals surface area contributed by atoms with Gasteiger partial charge < -0.3 is 4.90 Å². The molecule has 2 fully saturated rings. The molecule has 2 aliphatic rings. The molecule has 2 aromatic rings. The van der Waals surface area contributed by atoms with Crippen LogP contribution in [0.5, 0.6) is 0 Å². The van der Waals surface area contributed by atoms with E-state index in [9.17, 15) is 0 Å². The molecule has 0 saturated carbocycles. The number of hydrogen-bond donors (Lipinski definition) is 0. The molecule has 0 amide bonds. The Balaban J connectivity index is 1.22. The number of benzene rings is 2. The lowest BCUT2D eigenvalue weighted by atomic mass is 10.0. The first-order valence-corrected chi connectivity index (χ1v) is 11.4. The van der Waals surface area contributed by atoms with Gasteiger partial charge in [-0.1, -0.05) is 30.3 Å². The van der Waals surface area contributed by atoms with E-state index in [1.807, 2.05) is 11.8 Å². The lowest BCUT2D eigenvalue weighted by Crippen LogP contribution is -2.53. The highest BCUT2D eigenvalue weighted by atomic mass is 32.2. The summed E-state index contributed by atoms with van der Waals surface area (Å²) in [6.45, 7) is 8.29. The van der Waals surface area contributed by atoms with Crippen molar-refractivity contribution in [2.24, 2.45) is 0 Å². The number of piperidine rings is 1. The van der Waals surface area contributed by atoms with Crippen LogP contribution in [0.15, 0.2) is 59.5 Å². The predicted molar refractivity (Wildman–Crippen MR) is 117 cm³/mol. The molecule has 4 rings (SSSR count). The molecule has 4 heteroatoms. The van der Waals surface area contributed by atoms with Crippen molar-refractivity contribution in [1.82, 2.24) is 9.80 Å². The van der Waals surface area contributed by atoms with E-state index in [1.54, 1.807) is 0 Å². The van der Waals surface area contributed by atoms with Crippen LogP contribution in [0.25, 0.3) is 0 Å². The van der Waals surface area contributed by atoms with E-state index in [2.05, 4.69) is 75.6 Å². The second-order valence-electron chi connectivity index (χ2n) is 7.71. The fraction of sp³-hybridized carbons (Fsp3) is 0.478. The maximum Gasteiger partial charge on any atom is 0.0367 e. The van der Waals surface area contributed by atoms with Crippen molar-refractivity contribution in [2.75, 3.05) is 50.4 Å². The molecule has 3 nitrogen and oxygen atoms in total. The molecular formula is C23H31N3S. The molecule has 2 saturated heterocycles. The van der Waals surface area contributed by atoms with E-state index < -0.39 is 0 Å². The van der Waals surface area contributed by atoms with Crippen molar-refractivity contribution in [3.05, 3.63) is 60.2 Å². The Bertz CT molecular complexity index is 687. The average molecular weight is 382 g/mol. The first kappa shape index (κ1) is 18.9. The van der Waals surface area contributed by atoms with Crippen molar-refractivity contribution >= 4 is 17.4 Å². The van der Waals surface area contributed by atoms with Gasteiger partial charge in [0.1, 0.15) is 0 Å². The van der Waals surface area contributed by atoms with Gasteiger partial charge in [-0.15, -0.1) is 11.8 Å². The monoisotopic (exact) mass is 381 g/mol. The number of para-hydroxylation sites is 1. The molecule has 0 radical (unpaired) electrons. The normalized spacial score (nSPS) is 20.1. The van der Waals surface area contributed by atoms with Crippen LogP contribution in [0.2, 0.25) is 0 Å². The lowest BCUT2D eigenvalue weighted by molar-refractivity contribution is 0.0998. The Kier molecular flexibility index (Phi) is 6.38. The van der Waals surface area contributed by atoms with Crippen molar-refractivity contribution in [2.45, 2.75) is 30.3 Å². The summed E-state index contributed by atoms with van der Waals surface area (Å²) in [6, 6.07) is 20.7. The molecule has 0 N–H and O–H groups in total. The molecule has 0 unspecified atom stereocenters. The van der Waals surface area contributed by atoms with Gasteiger partial charge in [-0.25, -0.2) is 0 Å². The molecule has 27 heavy (non-hydrogen) atoms. The van der Waals surface area contributed by atoms with Gasteiger partial charge in [-0.2, -0.15) is 0 Å². The van der Waals surface area contributed by atoms with E-state index >= 15 is 0 Å². The highest BCUT2D eigenvalue weighted by Crippen LogP contribution is 2.23. The van der Waals surface area contributed by atoms with Crippen molar-refractivity contribution in [3.63, 3.8) is 0 Å². The summed E-state index contributed by atoms with van der Waals surface area (Å²) in [5.74, 6) is 0. The van der Waals surface area contributed by atoms with Gasteiger partial charge in [0.15, 0.2) is 0 Å². The molecule has 2 aliphatic heterocycles. The number of likely N-dealkylation sites (tertiary alicyclic amines) is 1. The Morgan fingerprint density at radius 2 is 1.48 bits per heavy atom. The summed E-state index contributed by atoms with van der Waals surface area (Å²) in [4.78, 5) is 9.26. The SMILES string of the molecule is CSc1ccc(CN2CCC(N3CCN(c4ccccc4)CC3)CC2)cc1. The third-order valence-corrected chi connectivity index (χ3v) is 6.82. The fourth-order valence-electron chi connectivity index (χ4n) is 4.42. The Morgan fingerprint density at radius 1 is 0.815 bits per heavy atom. The minimum Gasteiger partial charge on any atom is -0.369 e. The van der Waals surface area contributed by atoms with E-state index in [1.165, 1.54) is 55.2 Å². The van der Waals surface area contributed by atoms with Crippen LogP contribution in [-0.4, -0.2) is 61.4 Å². The van der Waals surface area contributed by atoms with Crippen LogP contribution < -0.4 is 4.90 Å². The number of hydrogen-bond acceptors (Lipinski definition) is 4. The molecule has 0 aliphatic carbocycles. The van der Waals surface area contributed by atoms with Gasteiger partial charge in [0, 0.05) is 49.3 Å². The fourth-order valence-corrected chi connectivity index (χ4v) is 4.82. The van der Waals surface area contributed by atoms with Crippen LogP contribution in [0, 0.1) is 0 Å². The van der Waals surface area contributed by atoms with Gasteiger partial charge in [0.2, 0.25) is 0 Å². The van der Waals surface area contributed by atoms with Crippen LogP contribution in [0.4, 0.5) is 5.69 Å². The van der Waals surface area contributed by atoms with Crippen LogP contribution in [0.3, 0.4) is 0 Å². The second kappa shape index (κ2) is 9.13. The van der Waals surface area contributed by atoms with Gasteiger partial charge in [0.05, 0.1) is 0 Å². The zero-order valence-electron chi connectivity index (χ0n) is 16.4. The summed E-state index contributed by atoms with van der Waals surface area (Å²) in [6.07, 6.45) is 4.77. The number of piperazine rings is 1. The summed E-state index contributed by atoms with van der Waals surface area (Å²) >= 11 is 1.82. The third kappa shape index (κ3) is 4.87. The predicted octanol–water partition coefficient (Wildman–Crippen LogP) is 4.20. The maximum absolute atomic E-state index is 2.74. The van der Waals surface area contributed by atoms with Gasteiger partial charge in [-0.3, -0.25) is 9.80 Å². The molecule has 0 atom stereocenters. The minimum absolute atomic E-state index is 0.776. The highest BCUT2D eigenvalue weighted by molar-refractivity contribution is 7.98. The second-order valence-corrected chi connectivity index (χ2v) is 8.59. The number of anilines is 1. The van der Waals surface area contributed by atoms with Crippen molar-refractivity contribution in [1.29, 1.82) is 0 Å². The molecule has 144 valence electrons. The summed E-state index contributed by atoms with van der Waals surface area (Å²) in [5, 5.41) is 0.